The van der Waals surface area contributed by atoms with Crippen molar-refractivity contribution in [3.8, 4) is 0 Å². The topological polar surface area (TPSA) is 82.3 Å². The fourth-order valence-corrected chi connectivity index (χ4v) is 1.44. The van der Waals surface area contributed by atoms with E-state index in [1.165, 1.54) is 6.92 Å². The van der Waals surface area contributed by atoms with Crippen LogP contribution < -0.4 is 0 Å². The molecule has 0 radical (unpaired) electrons. The molecule has 0 amide bonds. The number of hydrogen-bond donors (Lipinski definition) is 0. The number of ether oxygens (including phenoxy) is 1. The zero-order chi connectivity index (χ0) is 14.6. The number of nitro groups is 1. The maximum absolute atomic E-state index is 13.0. The van der Waals surface area contributed by atoms with Gasteiger partial charge in [-0.3, -0.25) is 14.9 Å². The molecule has 1 rings (SSSR count). The van der Waals surface area contributed by atoms with Gasteiger partial charge in [-0.15, -0.1) is 0 Å². The minimum atomic E-state index is -3.32. The third-order valence-corrected chi connectivity index (χ3v) is 2.10. The summed E-state index contributed by atoms with van der Waals surface area (Å²) in [6, 6.07) is 0.570. The fourth-order valence-electron chi connectivity index (χ4n) is 1.44. The lowest BCUT2D eigenvalue weighted by atomic mass is 10.1. The number of aromatic nitrogens is 1. The van der Waals surface area contributed by atoms with Crippen LogP contribution in [0.15, 0.2) is 6.07 Å². The number of pyridine rings is 1. The van der Waals surface area contributed by atoms with Gasteiger partial charge in [0.25, 0.3) is 6.43 Å². The van der Waals surface area contributed by atoms with Gasteiger partial charge in [-0.1, -0.05) is 0 Å². The van der Waals surface area contributed by atoms with Gasteiger partial charge in [0, 0.05) is 11.6 Å². The minimum Gasteiger partial charge on any atom is -0.466 e. The van der Waals surface area contributed by atoms with E-state index in [1.54, 1.807) is 0 Å². The van der Waals surface area contributed by atoms with Gasteiger partial charge in [-0.25, -0.2) is 13.8 Å². The van der Waals surface area contributed by atoms with Crippen molar-refractivity contribution in [1.82, 2.24) is 4.98 Å². The summed E-state index contributed by atoms with van der Waals surface area (Å²) in [5.41, 5.74) is -2.86. The third-order valence-electron chi connectivity index (χ3n) is 2.10. The summed E-state index contributed by atoms with van der Waals surface area (Å²) in [5, 5.41) is 10.8. The Balaban J connectivity index is 3.28. The van der Waals surface area contributed by atoms with Gasteiger partial charge in [-0.05, 0) is 6.92 Å². The van der Waals surface area contributed by atoms with E-state index in [4.69, 9.17) is 0 Å². The summed E-state index contributed by atoms with van der Waals surface area (Å²) >= 11 is 0. The van der Waals surface area contributed by atoms with Crippen LogP contribution in [0.2, 0.25) is 0 Å². The number of carbonyl (C=O) groups is 1. The van der Waals surface area contributed by atoms with Crippen molar-refractivity contribution in [2.24, 2.45) is 0 Å². The van der Waals surface area contributed by atoms with Gasteiger partial charge in [0.1, 0.15) is 0 Å². The molecule has 0 unspecified atom stereocenters. The van der Waals surface area contributed by atoms with Gasteiger partial charge in [0.05, 0.1) is 18.0 Å². The molecule has 0 aliphatic carbocycles. The number of halogens is 3. The molecule has 0 spiro atoms. The lowest BCUT2D eigenvalue weighted by molar-refractivity contribution is -0.387. The van der Waals surface area contributed by atoms with Gasteiger partial charge in [-0.2, -0.15) is 4.39 Å². The third kappa shape index (κ3) is 3.63. The summed E-state index contributed by atoms with van der Waals surface area (Å²) in [4.78, 5) is 23.6. The fraction of sp³-hybridized carbons (Fsp3) is 0.400. The van der Waals surface area contributed by atoms with Crippen molar-refractivity contribution in [1.29, 1.82) is 0 Å². The van der Waals surface area contributed by atoms with Gasteiger partial charge >= 0.3 is 11.7 Å². The van der Waals surface area contributed by atoms with E-state index in [9.17, 15) is 28.1 Å². The SMILES string of the molecule is CCOC(=O)Cc1cc(F)nc(C(F)F)c1[N+](=O)[O-]. The van der Waals surface area contributed by atoms with Crippen molar-refractivity contribution >= 4 is 11.7 Å². The molecule has 104 valence electrons. The van der Waals surface area contributed by atoms with Gasteiger partial charge in [0.2, 0.25) is 5.95 Å². The average molecular weight is 278 g/mol. The van der Waals surface area contributed by atoms with E-state index in [0.29, 0.717) is 6.07 Å². The average Bonchev–Trinajstić information content (AvgIpc) is 2.27. The lowest BCUT2D eigenvalue weighted by Crippen LogP contribution is -2.12. The Hall–Kier alpha value is -2.19. The zero-order valence-electron chi connectivity index (χ0n) is 9.73. The molecule has 0 fully saturated rings. The highest BCUT2D eigenvalue weighted by Gasteiger charge is 2.30. The van der Waals surface area contributed by atoms with Gasteiger partial charge in [0.15, 0.2) is 5.69 Å². The molecule has 0 aliphatic rings. The highest BCUT2D eigenvalue weighted by Crippen LogP contribution is 2.31. The zero-order valence-corrected chi connectivity index (χ0v) is 9.73. The van der Waals surface area contributed by atoms with Crippen molar-refractivity contribution in [2.75, 3.05) is 6.61 Å². The Labute approximate surface area is 105 Å². The summed E-state index contributed by atoms with van der Waals surface area (Å²) in [6.45, 7) is 1.52. The summed E-state index contributed by atoms with van der Waals surface area (Å²) < 4.78 is 42.7. The second-order valence-corrected chi connectivity index (χ2v) is 3.38. The number of alkyl halides is 2. The number of hydrogen-bond acceptors (Lipinski definition) is 5. The Morgan fingerprint density at radius 2 is 2.21 bits per heavy atom. The molecular formula is C10H9F3N2O4. The Kier molecular flexibility index (Phi) is 4.79. The number of esters is 1. The van der Waals surface area contributed by atoms with Crippen molar-refractivity contribution in [2.45, 2.75) is 19.8 Å². The first kappa shape index (κ1) is 14.9. The maximum Gasteiger partial charge on any atom is 0.310 e. The molecule has 19 heavy (non-hydrogen) atoms. The molecule has 0 saturated heterocycles. The Bertz CT molecular complexity index is 508. The van der Waals surface area contributed by atoms with E-state index in [2.05, 4.69) is 9.72 Å². The van der Waals surface area contributed by atoms with Crippen LogP contribution in [0, 0.1) is 16.1 Å². The quantitative estimate of drug-likeness (QED) is 0.357. The molecule has 6 nitrogen and oxygen atoms in total. The normalized spacial score (nSPS) is 10.6. The molecule has 0 bridgehead atoms. The van der Waals surface area contributed by atoms with Gasteiger partial charge < -0.3 is 4.74 Å². The molecule has 1 aromatic heterocycles. The highest BCUT2D eigenvalue weighted by atomic mass is 19.3. The first-order valence-electron chi connectivity index (χ1n) is 5.14. The van der Waals surface area contributed by atoms with E-state index in [-0.39, 0.29) is 6.61 Å². The van der Waals surface area contributed by atoms with Crippen molar-refractivity contribution < 1.29 is 27.6 Å². The molecule has 0 aromatic carbocycles. The van der Waals surface area contributed by atoms with E-state index < -0.39 is 46.6 Å². The molecule has 0 N–H and O–H groups in total. The second-order valence-electron chi connectivity index (χ2n) is 3.38. The van der Waals surface area contributed by atoms with Crippen molar-refractivity contribution in [3.05, 3.63) is 33.4 Å². The molecule has 0 aliphatic heterocycles. The first-order valence-corrected chi connectivity index (χ1v) is 5.14. The highest BCUT2D eigenvalue weighted by molar-refractivity contribution is 5.74. The monoisotopic (exact) mass is 278 g/mol. The predicted octanol–water partition coefficient (Wildman–Crippen LogP) is 2.17. The summed E-state index contributed by atoms with van der Waals surface area (Å²) in [7, 11) is 0. The maximum atomic E-state index is 13.0. The molecule has 0 atom stereocenters. The summed E-state index contributed by atoms with van der Waals surface area (Å²) in [5.74, 6) is -2.20. The predicted molar refractivity (Wildman–Crippen MR) is 56.1 cm³/mol. The van der Waals surface area contributed by atoms with Crippen LogP contribution in [0.3, 0.4) is 0 Å². The van der Waals surface area contributed by atoms with E-state index >= 15 is 0 Å². The van der Waals surface area contributed by atoms with Crippen LogP contribution in [0.5, 0.6) is 0 Å². The smallest absolute Gasteiger partial charge is 0.310 e. The summed E-state index contributed by atoms with van der Waals surface area (Å²) in [6.07, 6.45) is -4.00. The Morgan fingerprint density at radius 3 is 2.68 bits per heavy atom. The van der Waals surface area contributed by atoms with Crippen LogP contribution >= 0.6 is 0 Å². The molecule has 1 heterocycles. The second kappa shape index (κ2) is 6.12. The lowest BCUT2D eigenvalue weighted by Gasteiger charge is -2.07. The number of carbonyl (C=O) groups excluding carboxylic acids is 1. The molecule has 0 saturated carbocycles. The van der Waals surface area contributed by atoms with Crippen LogP contribution in [0.25, 0.3) is 0 Å². The van der Waals surface area contributed by atoms with Crippen molar-refractivity contribution in [3.63, 3.8) is 0 Å². The Morgan fingerprint density at radius 1 is 1.58 bits per heavy atom. The largest absolute Gasteiger partial charge is 0.466 e. The van der Waals surface area contributed by atoms with Crippen LogP contribution in [0.4, 0.5) is 18.9 Å². The standard InChI is InChI=1S/C10H9F3N2O4/c1-2-19-7(16)4-5-3-6(11)14-8(10(12)13)9(5)15(17)18/h3,10H,2,4H2,1H3. The van der Waals surface area contributed by atoms with Crippen LogP contribution in [-0.2, 0) is 16.0 Å². The number of rotatable bonds is 5. The number of nitrogens with zero attached hydrogens (tertiary/aromatic N) is 2. The molecule has 1 aromatic rings. The van der Waals surface area contributed by atoms with Crippen LogP contribution in [-0.4, -0.2) is 22.5 Å². The minimum absolute atomic E-state index is 0.0158. The molecular weight excluding hydrogens is 269 g/mol. The van der Waals surface area contributed by atoms with E-state index in [0.717, 1.165) is 0 Å². The first-order chi connectivity index (χ1) is 8.86. The van der Waals surface area contributed by atoms with Crippen LogP contribution in [0.1, 0.15) is 24.6 Å². The van der Waals surface area contributed by atoms with E-state index in [1.807, 2.05) is 0 Å². The molecule has 9 heteroatoms.